The Morgan fingerprint density at radius 2 is 1.84 bits per heavy atom. The molecule has 0 radical (unpaired) electrons. The molecule has 1 rings (SSSR count). The van der Waals surface area contributed by atoms with Gasteiger partial charge >= 0.3 is 0 Å². The van der Waals surface area contributed by atoms with Gasteiger partial charge in [0.15, 0.2) is 0 Å². The highest BCUT2D eigenvalue weighted by molar-refractivity contribution is 5.87. The van der Waals surface area contributed by atoms with Crippen molar-refractivity contribution in [3.05, 3.63) is 35.9 Å². The van der Waals surface area contributed by atoms with Crippen molar-refractivity contribution in [2.45, 2.75) is 45.6 Å². The van der Waals surface area contributed by atoms with Crippen molar-refractivity contribution in [1.82, 2.24) is 5.32 Å². The Kier molecular flexibility index (Phi) is 5.55. The molecule has 0 aliphatic rings. The third-order valence-corrected chi connectivity index (χ3v) is 3.56. The fraction of sp³-hybridized carbons (Fsp3) is 0.562. The number of benzene rings is 1. The van der Waals surface area contributed by atoms with Gasteiger partial charge in [-0.1, -0.05) is 44.2 Å². The van der Waals surface area contributed by atoms with Crippen molar-refractivity contribution in [2.75, 3.05) is 6.54 Å². The van der Waals surface area contributed by atoms with Crippen LogP contribution in [0.2, 0.25) is 0 Å². The van der Waals surface area contributed by atoms with E-state index in [-0.39, 0.29) is 17.9 Å². The fourth-order valence-electron chi connectivity index (χ4n) is 1.87. The first-order chi connectivity index (χ1) is 8.85. The maximum absolute atomic E-state index is 12.2. The van der Waals surface area contributed by atoms with Gasteiger partial charge in [0.1, 0.15) is 0 Å². The molecule has 0 aliphatic carbocycles. The molecule has 0 saturated carbocycles. The van der Waals surface area contributed by atoms with Crippen LogP contribution in [0, 0.1) is 5.92 Å². The lowest BCUT2D eigenvalue weighted by molar-refractivity contribution is -0.125. The van der Waals surface area contributed by atoms with Crippen molar-refractivity contribution in [3.63, 3.8) is 0 Å². The predicted octanol–water partition coefficient (Wildman–Crippen LogP) is 2.49. The molecule has 0 fully saturated rings. The van der Waals surface area contributed by atoms with Gasteiger partial charge < -0.3 is 10.4 Å². The SMILES string of the molecule is CC(C)C(O)CCNC(=O)C(C)(C)c1ccccc1. The van der Waals surface area contributed by atoms with E-state index >= 15 is 0 Å². The Bertz CT molecular complexity index is 398. The topological polar surface area (TPSA) is 49.3 Å². The van der Waals surface area contributed by atoms with Gasteiger partial charge in [0.05, 0.1) is 11.5 Å². The van der Waals surface area contributed by atoms with E-state index in [4.69, 9.17) is 0 Å². The number of carbonyl (C=O) groups excluding carboxylic acids is 1. The van der Waals surface area contributed by atoms with Gasteiger partial charge in [0.2, 0.25) is 5.91 Å². The minimum absolute atomic E-state index is 0.00495. The monoisotopic (exact) mass is 263 g/mol. The van der Waals surface area contributed by atoms with Crippen molar-refractivity contribution >= 4 is 5.91 Å². The van der Waals surface area contributed by atoms with Crippen LogP contribution in [0.25, 0.3) is 0 Å². The predicted molar refractivity (Wildman–Crippen MR) is 77.9 cm³/mol. The fourth-order valence-corrected chi connectivity index (χ4v) is 1.87. The van der Waals surface area contributed by atoms with Crippen molar-refractivity contribution in [1.29, 1.82) is 0 Å². The summed E-state index contributed by atoms with van der Waals surface area (Å²) < 4.78 is 0. The number of rotatable bonds is 6. The quantitative estimate of drug-likeness (QED) is 0.828. The summed E-state index contributed by atoms with van der Waals surface area (Å²) in [6.07, 6.45) is 0.231. The summed E-state index contributed by atoms with van der Waals surface area (Å²) in [7, 11) is 0. The zero-order chi connectivity index (χ0) is 14.5. The summed E-state index contributed by atoms with van der Waals surface area (Å²) in [5, 5.41) is 12.6. The lowest BCUT2D eigenvalue weighted by Gasteiger charge is -2.24. The summed E-state index contributed by atoms with van der Waals surface area (Å²) >= 11 is 0. The van der Waals surface area contributed by atoms with Crippen LogP contribution < -0.4 is 5.32 Å². The molecule has 19 heavy (non-hydrogen) atoms. The van der Waals surface area contributed by atoms with Crippen LogP contribution in [0.3, 0.4) is 0 Å². The molecule has 106 valence electrons. The van der Waals surface area contributed by atoms with E-state index in [9.17, 15) is 9.90 Å². The molecular formula is C16H25NO2. The van der Waals surface area contributed by atoms with Crippen LogP contribution in [-0.4, -0.2) is 23.7 Å². The average molecular weight is 263 g/mol. The second-order valence-corrected chi connectivity index (χ2v) is 5.85. The van der Waals surface area contributed by atoms with Gasteiger partial charge in [-0.05, 0) is 31.7 Å². The Morgan fingerprint density at radius 3 is 2.37 bits per heavy atom. The van der Waals surface area contributed by atoms with Gasteiger partial charge in [0.25, 0.3) is 0 Å². The molecule has 0 heterocycles. The zero-order valence-corrected chi connectivity index (χ0v) is 12.3. The number of aliphatic hydroxyl groups is 1. The second kappa shape index (κ2) is 6.71. The summed E-state index contributed by atoms with van der Waals surface area (Å²) in [6.45, 7) is 8.28. The molecule has 3 nitrogen and oxygen atoms in total. The number of hydrogen-bond acceptors (Lipinski definition) is 2. The second-order valence-electron chi connectivity index (χ2n) is 5.85. The number of amides is 1. The van der Waals surface area contributed by atoms with E-state index in [1.54, 1.807) is 0 Å². The van der Waals surface area contributed by atoms with E-state index in [0.29, 0.717) is 13.0 Å². The third kappa shape index (κ3) is 4.35. The summed E-state index contributed by atoms with van der Waals surface area (Å²) in [5.74, 6) is 0.216. The molecule has 1 atom stereocenters. The van der Waals surface area contributed by atoms with Gasteiger partial charge in [-0.2, -0.15) is 0 Å². The van der Waals surface area contributed by atoms with Crippen LogP contribution in [0.1, 0.15) is 39.7 Å². The number of carbonyl (C=O) groups is 1. The van der Waals surface area contributed by atoms with Gasteiger partial charge in [-0.15, -0.1) is 0 Å². The summed E-state index contributed by atoms with van der Waals surface area (Å²) in [6, 6.07) is 9.74. The molecule has 0 aliphatic heterocycles. The van der Waals surface area contributed by atoms with E-state index in [1.165, 1.54) is 0 Å². The summed E-state index contributed by atoms with van der Waals surface area (Å²) in [5.41, 5.74) is 0.446. The molecule has 0 spiro atoms. The molecule has 1 amide bonds. The minimum Gasteiger partial charge on any atom is -0.393 e. The highest BCUT2D eigenvalue weighted by atomic mass is 16.3. The molecule has 3 heteroatoms. The molecule has 1 unspecified atom stereocenters. The Hall–Kier alpha value is -1.35. The Balaban J connectivity index is 2.53. The number of nitrogens with one attached hydrogen (secondary N) is 1. The largest absolute Gasteiger partial charge is 0.393 e. The normalized spacial score (nSPS) is 13.4. The molecule has 0 bridgehead atoms. The molecule has 1 aromatic rings. The number of aliphatic hydroxyl groups excluding tert-OH is 1. The first kappa shape index (κ1) is 15.7. The molecule has 0 aromatic heterocycles. The smallest absolute Gasteiger partial charge is 0.230 e. The van der Waals surface area contributed by atoms with Crippen LogP contribution in [0.5, 0.6) is 0 Å². The van der Waals surface area contributed by atoms with Crippen molar-refractivity contribution in [3.8, 4) is 0 Å². The standard InChI is InChI=1S/C16H25NO2/c1-12(2)14(18)10-11-17-15(19)16(3,4)13-8-6-5-7-9-13/h5-9,12,14,18H,10-11H2,1-4H3,(H,17,19). The van der Waals surface area contributed by atoms with E-state index < -0.39 is 5.41 Å². The molecular weight excluding hydrogens is 238 g/mol. The first-order valence-corrected chi connectivity index (χ1v) is 6.87. The maximum atomic E-state index is 12.2. The highest BCUT2D eigenvalue weighted by Gasteiger charge is 2.29. The van der Waals surface area contributed by atoms with Crippen LogP contribution in [-0.2, 0) is 10.2 Å². The molecule has 1 aromatic carbocycles. The minimum atomic E-state index is -0.552. The lowest BCUT2D eigenvalue weighted by atomic mass is 9.83. The van der Waals surface area contributed by atoms with Crippen LogP contribution in [0.15, 0.2) is 30.3 Å². The van der Waals surface area contributed by atoms with E-state index in [1.807, 2.05) is 58.0 Å². The van der Waals surface area contributed by atoms with Crippen LogP contribution in [0.4, 0.5) is 0 Å². The Labute approximate surface area is 116 Å². The number of hydrogen-bond donors (Lipinski definition) is 2. The van der Waals surface area contributed by atoms with Gasteiger partial charge in [0, 0.05) is 6.54 Å². The third-order valence-electron chi connectivity index (χ3n) is 3.56. The van der Waals surface area contributed by atoms with Gasteiger partial charge in [-0.3, -0.25) is 4.79 Å². The molecule has 2 N–H and O–H groups in total. The zero-order valence-electron chi connectivity index (χ0n) is 12.3. The average Bonchev–Trinajstić information content (AvgIpc) is 2.39. The molecule has 0 saturated heterocycles. The maximum Gasteiger partial charge on any atom is 0.230 e. The van der Waals surface area contributed by atoms with E-state index in [0.717, 1.165) is 5.56 Å². The van der Waals surface area contributed by atoms with Crippen LogP contribution >= 0.6 is 0 Å². The first-order valence-electron chi connectivity index (χ1n) is 6.87. The van der Waals surface area contributed by atoms with Crippen molar-refractivity contribution < 1.29 is 9.90 Å². The van der Waals surface area contributed by atoms with Crippen molar-refractivity contribution in [2.24, 2.45) is 5.92 Å². The van der Waals surface area contributed by atoms with E-state index in [2.05, 4.69) is 5.32 Å². The summed E-state index contributed by atoms with van der Waals surface area (Å²) in [4.78, 5) is 12.2. The highest BCUT2D eigenvalue weighted by Crippen LogP contribution is 2.22. The Morgan fingerprint density at radius 1 is 1.26 bits per heavy atom. The van der Waals surface area contributed by atoms with Gasteiger partial charge in [-0.25, -0.2) is 0 Å². The lowest BCUT2D eigenvalue weighted by Crippen LogP contribution is -2.41.